The van der Waals surface area contributed by atoms with Crippen LogP contribution in [0.1, 0.15) is 37.9 Å². The van der Waals surface area contributed by atoms with E-state index in [0.29, 0.717) is 0 Å². The zero-order chi connectivity index (χ0) is 25.9. The molecule has 0 fully saturated rings. The monoisotopic (exact) mass is 489 g/mol. The molecule has 0 aliphatic carbocycles. The lowest BCUT2D eigenvalue weighted by Gasteiger charge is -2.11. The summed E-state index contributed by atoms with van der Waals surface area (Å²) in [5, 5.41) is 13.3. The van der Waals surface area contributed by atoms with Crippen molar-refractivity contribution >= 4 is 27.4 Å². The Balaban J connectivity index is 1.54. The van der Waals surface area contributed by atoms with Crippen molar-refractivity contribution in [3.8, 4) is 17.1 Å². The Bertz CT molecular complexity index is 1670. The second-order valence-corrected chi connectivity index (χ2v) is 9.08. The molecule has 0 amide bonds. The number of hydrogen-bond donors (Lipinski definition) is 3. The largest absolute Gasteiger partial charge is 0.359 e. The molecule has 0 aliphatic rings. The van der Waals surface area contributed by atoms with Crippen LogP contribution in [0.5, 0.6) is 0 Å². The van der Waals surface area contributed by atoms with Crippen LogP contribution in [0.2, 0.25) is 0 Å². The SMILES string of the molecule is C=C/C(=C\C(=C/C)c1ccc2[nH]nc(-c3cc4c(-n5cnc(C)c5)cncc4[nH]3)c2c1)NC(=C)CCC. The summed E-state index contributed by atoms with van der Waals surface area (Å²) in [5.74, 6) is 0. The zero-order valence-electron chi connectivity index (χ0n) is 21.5. The molecular formula is C30H31N7. The second kappa shape index (κ2) is 10.1. The first-order valence-corrected chi connectivity index (χ1v) is 12.4. The summed E-state index contributed by atoms with van der Waals surface area (Å²) in [7, 11) is 0. The van der Waals surface area contributed by atoms with Gasteiger partial charge in [0.2, 0.25) is 0 Å². The summed E-state index contributed by atoms with van der Waals surface area (Å²) < 4.78 is 1.99. The van der Waals surface area contributed by atoms with E-state index in [2.05, 4.69) is 87.0 Å². The maximum absolute atomic E-state index is 4.66. The van der Waals surface area contributed by atoms with Gasteiger partial charge in [0.05, 0.1) is 46.8 Å². The summed E-state index contributed by atoms with van der Waals surface area (Å²) >= 11 is 0. The molecule has 0 bridgehead atoms. The Hall–Kier alpha value is -4.65. The van der Waals surface area contributed by atoms with E-state index in [1.807, 2.05) is 49.4 Å². The lowest BCUT2D eigenvalue weighted by Crippen LogP contribution is -2.10. The van der Waals surface area contributed by atoms with Crippen LogP contribution in [-0.2, 0) is 0 Å². The molecule has 0 unspecified atom stereocenters. The summed E-state index contributed by atoms with van der Waals surface area (Å²) in [4.78, 5) is 12.3. The molecule has 0 spiro atoms. The van der Waals surface area contributed by atoms with E-state index in [1.165, 1.54) is 0 Å². The van der Waals surface area contributed by atoms with Crippen LogP contribution < -0.4 is 5.32 Å². The number of allylic oxidation sites excluding steroid dienone is 5. The maximum Gasteiger partial charge on any atom is 0.116 e. The van der Waals surface area contributed by atoms with Gasteiger partial charge in [0.25, 0.3) is 0 Å². The topological polar surface area (TPSA) is 87.2 Å². The molecule has 186 valence electrons. The number of rotatable bonds is 9. The average Bonchev–Trinajstić information content (AvgIpc) is 3.63. The van der Waals surface area contributed by atoms with Crippen LogP contribution in [0.3, 0.4) is 0 Å². The quantitative estimate of drug-likeness (QED) is 0.195. The fraction of sp³-hybridized carbons (Fsp3) is 0.167. The van der Waals surface area contributed by atoms with E-state index in [0.717, 1.165) is 79.9 Å². The van der Waals surface area contributed by atoms with Crippen molar-refractivity contribution in [1.82, 2.24) is 35.0 Å². The lowest BCUT2D eigenvalue weighted by molar-refractivity contribution is 0.829. The molecule has 0 saturated carbocycles. The van der Waals surface area contributed by atoms with Crippen molar-refractivity contribution in [2.45, 2.75) is 33.6 Å². The molecule has 0 atom stereocenters. The van der Waals surface area contributed by atoms with Crippen LogP contribution in [0.25, 0.3) is 44.5 Å². The van der Waals surface area contributed by atoms with Gasteiger partial charge in [-0.1, -0.05) is 38.6 Å². The number of imidazole rings is 1. The highest BCUT2D eigenvalue weighted by molar-refractivity contribution is 5.99. The summed E-state index contributed by atoms with van der Waals surface area (Å²) in [6.45, 7) is 14.2. The molecule has 3 N–H and O–H groups in total. The lowest BCUT2D eigenvalue weighted by atomic mass is 10.0. The van der Waals surface area contributed by atoms with Gasteiger partial charge >= 0.3 is 0 Å². The van der Waals surface area contributed by atoms with E-state index < -0.39 is 0 Å². The van der Waals surface area contributed by atoms with Crippen molar-refractivity contribution in [3.05, 3.63) is 103 Å². The highest BCUT2D eigenvalue weighted by Crippen LogP contribution is 2.32. The third-order valence-electron chi connectivity index (χ3n) is 6.38. The number of aromatic amines is 2. The number of nitrogens with one attached hydrogen (secondary N) is 3. The number of aromatic nitrogens is 6. The molecule has 4 heterocycles. The van der Waals surface area contributed by atoms with E-state index in [4.69, 9.17) is 0 Å². The molecule has 7 nitrogen and oxygen atoms in total. The van der Waals surface area contributed by atoms with E-state index >= 15 is 0 Å². The first kappa shape index (κ1) is 24.1. The fourth-order valence-electron chi connectivity index (χ4n) is 4.54. The zero-order valence-corrected chi connectivity index (χ0v) is 21.5. The van der Waals surface area contributed by atoms with Gasteiger partial charge in [-0.2, -0.15) is 5.10 Å². The molecular weight excluding hydrogens is 458 g/mol. The average molecular weight is 490 g/mol. The Labute approximate surface area is 216 Å². The summed E-state index contributed by atoms with van der Waals surface area (Å²) in [6.07, 6.45) is 15.5. The molecule has 0 saturated heterocycles. The third kappa shape index (κ3) is 4.76. The van der Waals surface area contributed by atoms with Gasteiger partial charge in [0.15, 0.2) is 0 Å². The van der Waals surface area contributed by atoms with Crippen molar-refractivity contribution in [1.29, 1.82) is 0 Å². The van der Waals surface area contributed by atoms with E-state index in [9.17, 15) is 0 Å². The van der Waals surface area contributed by atoms with E-state index in [-0.39, 0.29) is 0 Å². The number of benzene rings is 1. The molecule has 0 radical (unpaired) electrons. The van der Waals surface area contributed by atoms with Crippen LogP contribution in [0.4, 0.5) is 0 Å². The number of nitrogens with zero attached hydrogens (tertiary/aromatic N) is 4. The number of H-pyrrole nitrogens is 2. The minimum Gasteiger partial charge on any atom is -0.359 e. The van der Waals surface area contributed by atoms with Gasteiger partial charge < -0.3 is 14.9 Å². The molecule has 5 rings (SSSR count). The number of pyridine rings is 1. The van der Waals surface area contributed by atoms with Crippen LogP contribution in [0, 0.1) is 6.92 Å². The molecule has 1 aromatic carbocycles. The number of fused-ring (bicyclic) bond motifs is 2. The van der Waals surface area contributed by atoms with Crippen LogP contribution in [-0.4, -0.2) is 29.7 Å². The normalized spacial score (nSPS) is 12.4. The first-order valence-electron chi connectivity index (χ1n) is 12.4. The highest BCUT2D eigenvalue weighted by Gasteiger charge is 2.15. The van der Waals surface area contributed by atoms with Gasteiger partial charge in [-0.05, 0) is 61.8 Å². The molecule has 4 aromatic heterocycles. The molecule has 7 heteroatoms. The van der Waals surface area contributed by atoms with Gasteiger partial charge in [-0.3, -0.25) is 10.1 Å². The standard InChI is InChI=1S/C30H31N7/c1-6-9-19(4)33-23(8-3)12-21(7-2)22-10-11-26-25(13-22)30(36-35-26)27-14-24-28(34-27)15-31-16-29(24)37-17-20(5)32-18-37/h7-8,10-18,33-34H,3-4,6,9H2,1-2,5H3,(H,35,36)/b21-7+,23-12+. The fourth-order valence-corrected chi connectivity index (χ4v) is 4.54. The van der Waals surface area contributed by atoms with Crippen molar-refractivity contribution in [2.75, 3.05) is 0 Å². The molecule has 37 heavy (non-hydrogen) atoms. The Kier molecular flexibility index (Phi) is 6.60. The Morgan fingerprint density at radius 2 is 2.03 bits per heavy atom. The van der Waals surface area contributed by atoms with Crippen LogP contribution >= 0.6 is 0 Å². The van der Waals surface area contributed by atoms with Crippen molar-refractivity contribution < 1.29 is 0 Å². The number of aryl methyl sites for hydroxylation is 1. The number of hydrogen-bond acceptors (Lipinski definition) is 4. The molecule has 5 aromatic rings. The van der Waals surface area contributed by atoms with Gasteiger partial charge in [0.1, 0.15) is 5.69 Å². The van der Waals surface area contributed by atoms with Gasteiger partial charge in [-0.15, -0.1) is 0 Å². The minimum atomic E-state index is 0.860. The highest BCUT2D eigenvalue weighted by atomic mass is 15.1. The van der Waals surface area contributed by atoms with Gasteiger partial charge in [0, 0.05) is 28.4 Å². The summed E-state index contributed by atoms with van der Waals surface area (Å²) in [6, 6.07) is 8.47. The predicted molar refractivity (Wildman–Crippen MR) is 152 cm³/mol. The van der Waals surface area contributed by atoms with Crippen molar-refractivity contribution in [2.24, 2.45) is 0 Å². The minimum absolute atomic E-state index is 0.860. The second-order valence-electron chi connectivity index (χ2n) is 9.08. The van der Waals surface area contributed by atoms with Crippen LogP contribution in [0.15, 0.2) is 92.0 Å². The van der Waals surface area contributed by atoms with E-state index in [1.54, 1.807) is 0 Å². The predicted octanol–water partition coefficient (Wildman–Crippen LogP) is 6.98. The van der Waals surface area contributed by atoms with Gasteiger partial charge in [-0.25, -0.2) is 4.98 Å². The summed E-state index contributed by atoms with van der Waals surface area (Å²) in [5.41, 5.74) is 9.70. The molecule has 0 aliphatic heterocycles. The first-order chi connectivity index (χ1) is 18.0. The smallest absolute Gasteiger partial charge is 0.116 e. The van der Waals surface area contributed by atoms with Crippen molar-refractivity contribution in [3.63, 3.8) is 0 Å². The Morgan fingerprint density at radius 1 is 1.16 bits per heavy atom. The maximum atomic E-state index is 4.66. The third-order valence-corrected chi connectivity index (χ3v) is 6.38. The Morgan fingerprint density at radius 3 is 2.76 bits per heavy atom.